The van der Waals surface area contributed by atoms with Gasteiger partial charge in [-0.1, -0.05) is 0 Å². The van der Waals surface area contributed by atoms with Crippen molar-refractivity contribution in [1.82, 2.24) is 25.3 Å². The summed E-state index contributed by atoms with van der Waals surface area (Å²) in [6.07, 6.45) is 2.18. The SMILES string of the molecule is Cc1nc(Oc2cnc(NS(=O)(=O)C(F)F)c(C)c2)c(-c2ccnc(N[C@@H]3CNC[C@@H](F)C3)n2)s1.Cl. The van der Waals surface area contributed by atoms with Gasteiger partial charge in [0.15, 0.2) is 0 Å². The average molecular weight is 566 g/mol. The number of nitrogens with one attached hydrogen (secondary N) is 3. The van der Waals surface area contributed by atoms with E-state index in [1.165, 1.54) is 30.5 Å². The molecular formula is C20H23ClF3N7O3S2. The Kier molecular flexibility index (Phi) is 8.92. The maximum absolute atomic E-state index is 13.7. The van der Waals surface area contributed by atoms with Gasteiger partial charge in [-0.2, -0.15) is 8.78 Å². The molecule has 1 aliphatic rings. The second kappa shape index (κ2) is 11.5. The maximum atomic E-state index is 13.7. The van der Waals surface area contributed by atoms with Crippen LogP contribution in [0, 0.1) is 13.8 Å². The number of pyridine rings is 1. The summed E-state index contributed by atoms with van der Waals surface area (Å²) in [5.74, 6) is -3.01. The lowest BCUT2D eigenvalue weighted by molar-refractivity contribution is 0.236. The minimum absolute atomic E-state index is 0. The van der Waals surface area contributed by atoms with Gasteiger partial charge in [-0.25, -0.2) is 32.7 Å². The first kappa shape index (κ1) is 27.8. The van der Waals surface area contributed by atoms with Crippen LogP contribution in [0.25, 0.3) is 10.6 Å². The molecule has 16 heteroatoms. The number of aryl methyl sites for hydroxylation is 2. The van der Waals surface area contributed by atoms with Crippen LogP contribution < -0.4 is 20.1 Å². The van der Waals surface area contributed by atoms with Crippen LogP contribution in [0.4, 0.5) is 24.9 Å². The number of halogens is 4. The summed E-state index contributed by atoms with van der Waals surface area (Å²) in [5, 5.41) is 6.85. The van der Waals surface area contributed by atoms with Crippen LogP contribution in [-0.4, -0.2) is 59.4 Å². The van der Waals surface area contributed by atoms with Crippen LogP contribution in [0.5, 0.6) is 11.6 Å². The van der Waals surface area contributed by atoms with Crippen molar-refractivity contribution in [3.05, 3.63) is 35.1 Å². The van der Waals surface area contributed by atoms with Crippen molar-refractivity contribution < 1.29 is 26.3 Å². The molecule has 1 fully saturated rings. The van der Waals surface area contributed by atoms with E-state index in [9.17, 15) is 21.6 Å². The van der Waals surface area contributed by atoms with Gasteiger partial charge in [0.1, 0.15) is 22.6 Å². The number of nitrogens with zero attached hydrogens (tertiary/aromatic N) is 4. The molecule has 3 N–H and O–H groups in total. The number of ether oxygens (including phenoxy) is 1. The Morgan fingerprint density at radius 2 is 2.00 bits per heavy atom. The van der Waals surface area contributed by atoms with Crippen LogP contribution >= 0.6 is 23.7 Å². The number of aromatic nitrogens is 4. The fourth-order valence-electron chi connectivity index (χ4n) is 3.38. The fourth-order valence-corrected chi connectivity index (χ4v) is 4.77. The van der Waals surface area contributed by atoms with Gasteiger partial charge in [-0.15, -0.1) is 23.7 Å². The van der Waals surface area contributed by atoms with Crippen molar-refractivity contribution in [2.75, 3.05) is 23.1 Å². The van der Waals surface area contributed by atoms with Crippen molar-refractivity contribution in [2.45, 2.75) is 38.2 Å². The van der Waals surface area contributed by atoms with E-state index in [4.69, 9.17) is 4.74 Å². The van der Waals surface area contributed by atoms with Crippen molar-refractivity contribution in [3.8, 4) is 22.2 Å². The number of thiazole rings is 1. The highest BCUT2D eigenvalue weighted by molar-refractivity contribution is 7.92. The van der Waals surface area contributed by atoms with Gasteiger partial charge in [0.2, 0.25) is 11.8 Å². The molecule has 3 aromatic rings. The van der Waals surface area contributed by atoms with Crippen LogP contribution in [0.1, 0.15) is 17.0 Å². The molecule has 0 spiro atoms. The molecule has 0 bridgehead atoms. The number of anilines is 2. The number of alkyl halides is 3. The fraction of sp³-hybridized carbons (Fsp3) is 0.400. The predicted molar refractivity (Wildman–Crippen MR) is 133 cm³/mol. The molecule has 0 amide bonds. The van der Waals surface area contributed by atoms with Crippen LogP contribution in [0.3, 0.4) is 0 Å². The van der Waals surface area contributed by atoms with E-state index in [1.54, 1.807) is 23.9 Å². The Hall–Kier alpha value is -2.75. The monoisotopic (exact) mass is 565 g/mol. The zero-order chi connectivity index (χ0) is 25.2. The molecule has 4 rings (SSSR count). The zero-order valence-corrected chi connectivity index (χ0v) is 21.5. The van der Waals surface area contributed by atoms with Gasteiger partial charge >= 0.3 is 5.76 Å². The lowest BCUT2D eigenvalue weighted by atomic mass is 10.1. The third-order valence-electron chi connectivity index (χ3n) is 4.96. The number of sulfonamides is 1. The van der Waals surface area contributed by atoms with Crippen molar-refractivity contribution >= 4 is 45.5 Å². The lowest BCUT2D eigenvalue weighted by Gasteiger charge is -2.26. The second-order valence-corrected chi connectivity index (χ2v) is 10.7. The van der Waals surface area contributed by atoms with E-state index < -0.39 is 22.0 Å². The zero-order valence-electron chi connectivity index (χ0n) is 19.0. The van der Waals surface area contributed by atoms with Crippen molar-refractivity contribution in [1.29, 1.82) is 0 Å². The van der Waals surface area contributed by atoms with E-state index in [2.05, 4.69) is 30.6 Å². The molecule has 10 nitrogen and oxygen atoms in total. The quantitative estimate of drug-likeness (QED) is 0.372. The minimum Gasteiger partial charge on any atom is -0.436 e. The molecule has 36 heavy (non-hydrogen) atoms. The lowest BCUT2D eigenvalue weighted by Crippen LogP contribution is -2.44. The summed E-state index contributed by atoms with van der Waals surface area (Å²) in [5.41, 5.74) is 0.815. The van der Waals surface area contributed by atoms with Gasteiger partial charge in [0, 0.05) is 31.7 Å². The van der Waals surface area contributed by atoms with Crippen LogP contribution in [0.15, 0.2) is 24.5 Å². The third-order valence-corrected chi connectivity index (χ3v) is 6.88. The summed E-state index contributed by atoms with van der Waals surface area (Å²) in [4.78, 5) is 17.6. The third kappa shape index (κ3) is 6.72. The van der Waals surface area contributed by atoms with Crippen molar-refractivity contribution in [2.24, 2.45) is 0 Å². The van der Waals surface area contributed by atoms with E-state index in [1.807, 2.05) is 0 Å². The Morgan fingerprint density at radius 1 is 1.22 bits per heavy atom. The first-order valence-corrected chi connectivity index (χ1v) is 12.8. The highest BCUT2D eigenvalue weighted by atomic mass is 35.5. The van der Waals surface area contributed by atoms with Crippen LogP contribution in [0.2, 0.25) is 0 Å². The Bertz CT molecular complexity index is 1310. The van der Waals surface area contributed by atoms with E-state index >= 15 is 0 Å². The first-order valence-electron chi connectivity index (χ1n) is 10.5. The maximum Gasteiger partial charge on any atom is 0.355 e. The van der Waals surface area contributed by atoms with Crippen molar-refractivity contribution in [3.63, 3.8) is 0 Å². The molecule has 196 valence electrons. The van der Waals surface area contributed by atoms with Crippen LogP contribution in [-0.2, 0) is 10.0 Å². The Balaban J connectivity index is 0.00000361. The molecule has 1 saturated heterocycles. The summed E-state index contributed by atoms with van der Waals surface area (Å²) < 4.78 is 69.4. The Labute approximate surface area is 215 Å². The summed E-state index contributed by atoms with van der Waals surface area (Å²) in [7, 11) is -4.85. The van der Waals surface area contributed by atoms with E-state index in [0.29, 0.717) is 41.0 Å². The molecule has 0 saturated carbocycles. The standard InChI is InChI=1S/C20H22F3N7O3S2.ClH/c1-10-5-14(9-26-17(10)30-35(31,32)19(22)23)33-18-16(34-11(2)27-18)15-3-4-25-20(29-15)28-13-6-12(21)7-24-8-13;/h3-5,9,12-13,19,24H,6-8H2,1-2H3,(H,26,30)(H,25,28,29);1H/t12-,13-;/m0./s1. The van der Waals surface area contributed by atoms with Gasteiger partial charge in [0.25, 0.3) is 10.0 Å². The van der Waals surface area contributed by atoms with E-state index in [0.717, 1.165) is 0 Å². The van der Waals surface area contributed by atoms with Gasteiger partial charge in [-0.3, -0.25) is 4.72 Å². The summed E-state index contributed by atoms with van der Waals surface area (Å²) >= 11 is 1.34. The number of hydrogen-bond acceptors (Lipinski definition) is 10. The molecule has 3 aromatic heterocycles. The normalized spacial score (nSPS) is 17.9. The molecule has 0 unspecified atom stereocenters. The molecular weight excluding hydrogens is 543 g/mol. The van der Waals surface area contributed by atoms with E-state index in [-0.39, 0.29) is 41.5 Å². The van der Waals surface area contributed by atoms with Gasteiger partial charge in [-0.05, 0) is 31.5 Å². The second-order valence-electron chi connectivity index (χ2n) is 7.81. The summed E-state index contributed by atoms with van der Waals surface area (Å²) in [6, 6.07) is 2.99. The highest BCUT2D eigenvalue weighted by Gasteiger charge is 2.25. The molecule has 0 aromatic carbocycles. The Morgan fingerprint density at radius 3 is 2.69 bits per heavy atom. The number of hydrogen-bond donors (Lipinski definition) is 3. The molecule has 0 radical (unpaired) electrons. The minimum atomic E-state index is -4.85. The van der Waals surface area contributed by atoms with Gasteiger partial charge in [0.05, 0.1) is 16.9 Å². The largest absolute Gasteiger partial charge is 0.436 e. The molecule has 4 heterocycles. The topological polar surface area (TPSA) is 131 Å². The average Bonchev–Trinajstić information content (AvgIpc) is 3.15. The smallest absolute Gasteiger partial charge is 0.355 e. The first-order chi connectivity index (χ1) is 16.6. The van der Waals surface area contributed by atoms with Gasteiger partial charge < -0.3 is 15.4 Å². The number of rotatable bonds is 8. The summed E-state index contributed by atoms with van der Waals surface area (Å²) in [6.45, 7) is 4.22. The highest BCUT2D eigenvalue weighted by Crippen LogP contribution is 2.37. The molecule has 2 atom stereocenters. The number of piperidine rings is 1. The predicted octanol–water partition coefficient (Wildman–Crippen LogP) is 3.90. The molecule has 0 aliphatic carbocycles. The molecule has 1 aliphatic heterocycles.